The monoisotopic (exact) mass is 347 g/mol. The first-order valence-electron chi connectivity index (χ1n) is 7.52. The van der Waals surface area contributed by atoms with Crippen molar-refractivity contribution in [1.29, 1.82) is 0 Å². The lowest BCUT2D eigenvalue weighted by atomic mass is 9.88. The molecule has 0 fully saturated rings. The van der Waals surface area contributed by atoms with Crippen LogP contribution in [0.15, 0.2) is 34.9 Å². The topological polar surface area (TPSA) is 29.9 Å². The lowest BCUT2D eigenvalue weighted by Crippen LogP contribution is -2.40. The van der Waals surface area contributed by atoms with E-state index in [0.29, 0.717) is 6.04 Å². The fourth-order valence-corrected chi connectivity index (χ4v) is 3.51. The van der Waals surface area contributed by atoms with Gasteiger partial charge in [-0.15, -0.1) is 0 Å². The van der Waals surface area contributed by atoms with Crippen LogP contribution in [0.3, 0.4) is 0 Å². The third kappa shape index (κ3) is 2.92. The van der Waals surface area contributed by atoms with Gasteiger partial charge in [0.2, 0.25) is 0 Å². The standard InChI is InChI=1S/C17H22BrN3/c1-17(2,12-7-9-13(18)10-8-12)20-15-5-4-6-16-14(15)11-19-21(16)3/h7-11,15,20H,4-6H2,1-3H3. The quantitative estimate of drug-likeness (QED) is 0.906. The second-order valence-corrected chi connectivity index (χ2v) is 7.31. The van der Waals surface area contributed by atoms with E-state index in [2.05, 4.69) is 64.5 Å². The van der Waals surface area contributed by atoms with Crippen molar-refractivity contribution < 1.29 is 0 Å². The third-order valence-electron chi connectivity index (χ3n) is 4.48. The van der Waals surface area contributed by atoms with Crippen molar-refractivity contribution in [2.45, 2.75) is 44.7 Å². The number of halogens is 1. The smallest absolute Gasteiger partial charge is 0.0540 e. The summed E-state index contributed by atoms with van der Waals surface area (Å²) in [6.07, 6.45) is 5.58. The van der Waals surface area contributed by atoms with E-state index in [0.717, 1.165) is 10.9 Å². The molecular weight excluding hydrogens is 326 g/mol. The van der Waals surface area contributed by atoms with Gasteiger partial charge in [-0.1, -0.05) is 28.1 Å². The largest absolute Gasteiger partial charge is 0.301 e. The maximum Gasteiger partial charge on any atom is 0.0540 e. The van der Waals surface area contributed by atoms with E-state index < -0.39 is 0 Å². The number of nitrogens with zero attached hydrogens (tertiary/aromatic N) is 2. The van der Waals surface area contributed by atoms with Crippen LogP contribution in [0.1, 0.15) is 49.6 Å². The third-order valence-corrected chi connectivity index (χ3v) is 5.01. The SMILES string of the molecule is Cn1ncc2c1CCCC2NC(C)(C)c1ccc(Br)cc1. The molecule has 1 heterocycles. The van der Waals surface area contributed by atoms with E-state index in [1.165, 1.54) is 29.7 Å². The van der Waals surface area contributed by atoms with Gasteiger partial charge in [0.1, 0.15) is 0 Å². The minimum Gasteiger partial charge on any atom is -0.301 e. The average molecular weight is 348 g/mol. The number of fused-ring (bicyclic) bond motifs is 1. The van der Waals surface area contributed by atoms with E-state index in [9.17, 15) is 0 Å². The molecule has 4 heteroatoms. The number of nitrogens with one attached hydrogen (secondary N) is 1. The van der Waals surface area contributed by atoms with Crippen molar-refractivity contribution >= 4 is 15.9 Å². The summed E-state index contributed by atoms with van der Waals surface area (Å²) >= 11 is 3.50. The summed E-state index contributed by atoms with van der Waals surface area (Å²) in [4.78, 5) is 0. The van der Waals surface area contributed by atoms with Crippen LogP contribution in [0, 0.1) is 0 Å². The van der Waals surface area contributed by atoms with Crippen LogP contribution in [-0.4, -0.2) is 9.78 Å². The molecule has 112 valence electrons. The normalized spacial score (nSPS) is 18.6. The van der Waals surface area contributed by atoms with E-state index in [4.69, 9.17) is 0 Å². The zero-order chi connectivity index (χ0) is 15.0. The molecule has 21 heavy (non-hydrogen) atoms. The van der Waals surface area contributed by atoms with E-state index in [1.807, 2.05) is 17.9 Å². The van der Waals surface area contributed by atoms with Gasteiger partial charge in [0.25, 0.3) is 0 Å². The predicted octanol–water partition coefficient (Wildman–Crippen LogP) is 4.08. The van der Waals surface area contributed by atoms with Crippen LogP contribution in [0.5, 0.6) is 0 Å². The Bertz CT molecular complexity index is 628. The summed E-state index contributed by atoms with van der Waals surface area (Å²) in [5.74, 6) is 0. The van der Waals surface area contributed by atoms with E-state index in [1.54, 1.807) is 0 Å². The zero-order valence-corrected chi connectivity index (χ0v) is 14.4. The molecule has 1 aliphatic carbocycles. The van der Waals surface area contributed by atoms with Gasteiger partial charge in [0, 0.05) is 34.4 Å². The minimum atomic E-state index is -0.0597. The molecule has 0 aliphatic heterocycles. The average Bonchev–Trinajstić information content (AvgIpc) is 2.82. The molecular formula is C17H22BrN3. The first-order chi connectivity index (χ1) is 9.97. The van der Waals surface area contributed by atoms with Crippen LogP contribution in [0.2, 0.25) is 0 Å². The van der Waals surface area contributed by atoms with Gasteiger partial charge >= 0.3 is 0 Å². The van der Waals surface area contributed by atoms with E-state index in [-0.39, 0.29) is 5.54 Å². The predicted molar refractivity (Wildman–Crippen MR) is 89.2 cm³/mol. The molecule has 1 atom stereocenters. The van der Waals surface area contributed by atoms with Crippen LogP contribution in [0.4, 0.5) is 0 Å². The zero-order valence-electron chi connectivity index (χ0n) is 12.9. The molecule has 1 aromatic heterocycles. The van der Waals surface area contributed by atoms with Gasteiger partial charge in [-0.2, -0.15) is 5.10 Å². The highest BCUT2D eigenvalue weighted by molar-refractivity contribution is 9.10. The summed E-state index contributed by atoms with van der Waals surface area (Å²) in [7, 11) is 2.04. The number of hydrogen-bond donors (Lipinski definition) is 1. The van der Waals surface area contributed by atoms with Crippen molar-refractivity contribution in [3.8, 4) is 0 Å². The molecule has 0 spiro atoms. The van der Waals surface area contributed by atoms with Gasteiger partial charge in [0.05, 0.1) is 6.20 Å². The summed E-state index contributed by atoms with van der Waals surface area (Å²) in [6, 6.07) is 8.97. The van der Waals surface area contributed by atoms with Gasteiger partial charge < -0.3 is 5.32 Å². The lowest BCUT2D eigenvalue weighted by Gasteiger charge is -2.34. The molecule has 1 aromatic carbocycles. The lowest BCUT2D eigenvalue weighted by molar-refractivity contribution is 0.318. The Kier molecular flexibility index (Phi) is 3.93. The summed E-state index contributed by atoms with van der Waals surface area (Å²) in [6.45, 7) is 4.50. The first-order valence-corrected chi connectivity index (χ1v) is 8.31. The van der Waals surface area contributed by atoms with Gasteiger partial charge in [-0.3, -0.25) is 4.68 Å². The maximum atomic E-state index is 4.43. The highest BCUT2D eigenvalue weighted by Gasteiger charge is 2.29. The second-order valence-electron chi connectivity index (χ2n) is 6.39. The Morgan fingerprint density at radius 3 is 2.71 bits per heavy atom. The highest BCUT2D eigenvalue weighted by atomic mass is 79.9. The summed E-state index contributed by atoms with van der Waals surface area (Å²) < 4.78 is 3.14. The molecule has 3 nitrogen and oxygen atoms in total. The second kappa shape index (κ2) is 5.58. The van der Waals surface area contributed by atoms with Crippen LogP contribution in [-0.2, 0) is 19.0 Å². The summed E-state index contributed by atoms with van der Waals surface area (Å²) in [5, 5.41) is 8.27. The molecule has 1 aliphatic rings. The number of aryl methyl sites for hydroxylation is 1. The number of aromatic nitrogens is 2. The van der Waals surface area contributed by atoms with Crippen molar-refractivity contribution in [2.24, 2.45) is 7.05 Å². The minimum absolute atomic E-state index is 0.0597. The fraction of sp³-hybridized carbons (Fsp3) is 0.471. The van der Waals surface area contributed by atoms with Crippen molar-refractivity contribution in [3.63, 3.8) is 0 Å². The van der Waals surface area contributed by atoms with Gasteiger partial charge in [-0.25, -0.2) is 0 Å². The number of benzene rings is 1. The van der Waals surface area contributed by atoms with Crippen molar-refractivity contribution in [1.82, 2.24) is 15.1 Å². The Balaban J connectivity index is 1.84. The number of hydrogen-bond acceptors (Lipinski definition) is 2. The molecule has 1 N–H and O–H groups in total. The Morgan fingerprint density at radius 2 is 2.00 bits per heavy atom. The van der Waals surface area contributed by atoms with Gasteiger partial charge in [-0.05, 0) is 50.8 Å². The molecule has 0 saturated heterocycles. The molecule has 1 unspecified atom stereocenters. The molecule has 2 aromatic rings. The van der Waals surface area contributed by atoms with Crippen LogP contribution >= 0.6 is 15.9 Å². The van der Waals surface area contributed by atoms with Gasteiger partial charge in [0.15, 0.2) is 0 Å². The Morgan fingerprint density at radius 1 is 1.29 bits per heavy atom. The molecule has 0 amide bonds. The highest BCUT2D eigenvalue weighted by Crippen LogP contribution is 2.33. The molecule has 3 rings (SSSR count). The Hall–Kier alpha value is -1.13. The van der Waals surface area contributed by atoms with E-state index >= 15 is 0 Å². The van der Waals surface area contributed by atoms with Crippen LogP contribution < -0.4 is 5.32 Å². The fourth-order valence-electron chi connectivity index (χ4n) is 3.24. The van der Waals surface area contributed by atoms with Crippen molar-refractivity contribution in [3.05, 3.63) is 51.8 Å². The summed E-state index contributed by atoms with van der Waals surface area (Å²) in [5.41, 5.74) is 4.00. The molecule has 0 radical (unpaired) electrons. The number of rotatable bonds is 3. The maximum absolute atomic E-state index is 4.43. The Labute approximate surface area is 134 Å². The molecule has 0 saturated carbocycles. The molecule has 0 bridgehead atoms. The van der Waals surface area contributed by atoms with Crippen LogP contribution in [0.25, 0.3) is 0 Å². The van der Waals surface area contributed by atoms with Crippen molar-refractivity contribution in [2.75, 3.05) is 0 Å². The first kappa shape index (κ1) is 14.8.